The number of aliphatic hydroxyl groups is 1. The zero-order valence-corrected chi connectivity index (χ0v) is 8.33. The molecule has 1 amide bonds. The van der Waals surface area contributed by atoms with Crippen molar-refractivity contribution in [1.29, 1.82) is 0 Å². The summed E-state index contributed by atoms with van der Waals surface area (Å²) < 4.78 is 0. The van der Waals surface area contributed by atoms with Gasteiger partial charge in [-0.05, 0) is 13.8 Å². The number of carboxylic acids is 1. The molecule has 1 unspecified atom stereocenters. The largest absolute Gasteiger partial charge is 0.479 e. The first kappa shape index (κ1) is 12.9. The summed E-state index contributed by atoms with van der Waals surface area (Å²) >= 11 is 0. The van der Waals surface area contributed by atoms with E-state index >= 15 is 0 Å². The lowest BCUT2D eigenvalue weighted by atomic mass is 10.1. The molecular formula is C8H16N2O4. The molecule has 0 aliphatic carbocycles. The number of aliphatic carboxylic acids is 1. The van der Waals surface area contributed by atoms with Gasteiger partial charge in [0.25, 0.3) is 0 Å². The Bertz CT molecular complexity index is 215. The Morgan fingerprint density at radius 3 is 2.43 bits per heavy atom. The maximum atomic E-state index is 10.9. The first-order valence-corrected chi connectivity index (χ1v) is 4.33. The molecular weight excluding hydrogens is 188 g/mol. The topological polar surface area (TPSA) is 98.7 Å². The van der Waals surface area contributed by atoms with E-state index in [0.29, 0.717) is 6.54 Å². The summed E-state index contributed by atoms with van der Waals surface area (Å²) in [6.45, 7) is 3.30. The first-order chi connectivity index (χ1) is 6.40. The van der Waals surface area contributed by atoms with Crippen LogP contribution in [0.3, 0.4) is 0 Å². The molecule has 0 bridgehead atoms. The molecule has 0 heterocycles. The van der Waals surface area contributed by atoms with Crippen LogP contribution in [0.4, 0.5) is 0 Å². The maximum Gasteiger partial charge on any atom is 0.336 e. The minimum absolute atomic E-state index is 0.00271. The van der Waals surface area contributed by atoms with E-state index in [-0.39, 0.29) is 19.0 Å². The number of likely N-dealkylation sites (N-methyl/N-ethyl adjacent to an activating group) is 1. The second-order valence-corrected chi connectivity index (χ2v) is 3.14. The number of carbonyl (C=O) groups excluding carboxylic acids is 1. The molecule has 6 nitrogen and oxygen atoms in total. The van der Waals surface area contributed by atoms with E-state index < -0.39 is 11.6 Å². The summed E-state index contributed by atoms with van der Waals surface area (Å²) in [4.78, 5) is 21.3. The third kappa shape index (κ3) is 4.78. The molecule has 0 aliphatic heterocycles. The van der Waals surface area contributed by atoms with Crippen molar-refractivity contribution in [2.45, 2.75) is 19.4 Å². The van der Waals surface area contributed by atoms with E-state index in [4.69, 9.17) is 5.11 Å². The molecule has 0 radical (unpaired) electrons. The van der Waals surface area contributed by atoms with Crippen LogP contribution in [-0.2, 0) is 9.59 Å². The number of rotatable bonds is 6. The van der Waals surface area contributed by atoms with Crippen LogP contribution in [0.5, 0.6) is 0 Å². The Morgan fingerprint density at radius 2 is 2.00 bits per heavy atom. The highest BCUT2D eigenvalue weighted by atomic mass is 16.4. The third-order valence-corrected chi connectivity index (χ3v) is 1.59. The highest BCUT2D eigenvalue weighted by molar-refractivity contribution is 5.79. The summed E-state index contributed by atoms with van der Waals surface area (Å²) in [5, 5.41) is 22.8. The summed E-state index contributed by atoms with van der Waals surface area (Å²) in [5.41, 5.74) is -1.84. The van der Waals surface area contributed by atoms with Gasteiger partial charge in [-0.15, -0.1) is 0 Å². The van der Waals surface area contributed by atoms with Crippen LogP contribution in [0, 0.1) is 0 Å². The third-order valence-electron chi connectivity index (χ3n) is 1.59. The monoisotopic (exact) mass is 204 g/mol. The van der Waals surface area contributed by atoms with Crippen LogP contribution in [0.1, 0.15) is 13.8 Å². The molecule has 6 heteroatoms. The maximum absolute atomic E-state index is 10.9. The molecule has 0 aromatic rings. The zero-order chi connectivity index (χ0) is 11.2. The summed E-state index contributed by atoms with van der Waals surface area (Å²) in [6.07, 6.45) is 0. The van der Waals surface area contributed by atoms with Crippen LogP contribution in [-0.4, -0.2) is 47.3 Å². The Labute approximate surface area is 82.3 Å². The fourth-order valence-corrected chi connectivity index (χ4v) is 0.755. The van der Waals surface area contributed by atoms with Gasteiger partial charge in [0.15, 0.2) is 5.60 Å². The highest BCUT2D eigenvalue weighted by Gasteiger charge is 2.29. The number of hydrogen-bond acceptors (Lipinski definition) is 4. The molecule has 14 heavy (non-hydrogen) atoms. The average Bonchev–Trinajstić information content (AvgIpc) is 2.04. The van der Waals surface area contributed by atoms with E-state index in [2.05, 4.69) is 10.6 Å². The van der Waals surface area contributed by atoms with Gasteiger partial charge in [-0.1, -0.05) is 0 Å². The van der Waals surface area contributed by atoms with E-state index in [9.17, 15) is 14.7 Å². The second kappa shape index (κ2) is 5.56. The molecule has 0 aromatic carbocycles. The Balaban J connectivity index is 3.74. The van der Waals surface area contributed by atoms with Crippen LogP contribution < -0.4 is 10.6 Å². The molecule has 0 spiro atoms. The van der Waals surface area contributed by atoms with Gasteiger partial charge < -0.3 is 20.8 Å². The summed E-state index contributed by atoms with van der Waals surface area (Å²) in [7, 11) is 0. The van der Waals surface area contributed by atoms with Crippen LogP contribution in [0.25, 0.3) is 0 Å². The first-order valence-electron chi connectivity index (χ1n) is 4.33. The number of carboxylic acid groups (broad SMARTS) is 1. The van der Waals surface area contributed by atoms with Gasteiger partial charge in [0.1, 0.15) is 0 Å². The normalized spacial score (nSPS) is 14.5. The van der Waals surface area contributed by atoms with Gasteiger partial charge in [-0.25, -0.2) is 4.79 Å². The second-order valence-electron chi connectivity index (χ2n) is 3.14. The summed E-state index contributed by atoms with van der Waals surface area (Å²) in [5.74, 6) is -1.55. The number of carbonyl (C=O) groups is 2. The standard InChI is InChI=1S/C8H16N2O4/c1-3-10-6(11)4-9-5-8(2,14)7(12)13/h9,14H,3-5H2,1-2H3,(H,10,11)(H,12,13). The van der Waals surface area contributed by atoms with E-state index in [1.807, 2.05) is 0 Å². The lowest BCUT2D eigenvalue weighted by Crippen LogP contribution is -2.47. The molecule has 1 atom stereocenters. The Kier molecular flexibility index (Phi) is 5.11. The van der Waals surface area contributed by atoms with E-state index in [1.54, 1.807) is 6.92 Å². The molecule has 0 rings (SSSR count). The van der Waals surface area contributed by atoms with Gasteiger partial charge in [-0.2, -0.15) is 0 Å². The van der Waals surface area contributed by atoms with Gasteiger partial charge in [0.2, 0.25) is 5.91 Å². The van der Waals surface area contributed by atoms with Crippen molar-refractivity contribution in [2.75, 3.05) is 19.6 Å². The van der Waals surface area contributed by atoms with Gasteiger partial charge in [-0.3, -0.25) is 4.79 Å². The number of amides is 1. The van der Waals surface area contributed by atoms with Crippen molar-refractivity contribution < 1.29 is 19.8 Å². The van der Waals surface area contributed by atoms with Gasteiger partial charge in [0.05, 0.1) is 6.54 Å². The fraction of sp³-hybridized carbons (Fsp3) is 0.750. The molecule has 82 valence electrons. The number of hydrogen-bond donors (Lipinski definition) is 4. The molecule has 0 aromatic heterocycles. The quantitative estimate of drug-likeness (QED) is 0.424. The van der Waals surface area contributed by atoms with Crippen molar-refractivity contribution in [1.82, 2.24) is 10.6 Å². The smallest absolute Gasteiger partial charge is 0.336 e. The lowest BCUT2D eigenvalue weighted by Gasteiger charge is -2.17. The predicted molar refractivity (Wildman–Crippen MR) is 49.8 cm³/mol. The van der Waals surface area contributed by atoms with Crippen LogP contribution in [0.15, 0.2) is 0 Å². The SMILES string of the molecule is CCNC(=O)CNCC(C)(O)C(=O)O. The van der Waals surface area contributed by atoms with Crippen molar-refractivity contribution >= 4 is 11.9 Å². The number of nitrogens with one attached hydrogen (secondary N) is 2. The lowest BCUT2D eigenvalue weighted by molar-refractivity contribution is -0.156. The average molecular weight is 204 g/mol. The predicted octanol–water partition coefficient (Wildman–Crippen LogP) is -1.45. The molecule has 0 aliphatic rings. The molecule has 0 saturated carbocycles. The van der Waals surface area contributed by atoms with Crippen molar-refractivity contribution in [2.24, 2.45) is 0 Å². The van der Waals surface area contributed by atoms with Gasteiger partial charge >= 0.3 is 5.97 Å². The minimum atomic E-state index is -1.84. The minimum Gasteiger partial charge on any atom is -0.479 e. The van der Waals surface area contributed by atoms with Crippen molar-refractivity contribution in [3.63, 3.8) is 0 Å². The van der Waals surface area contributed by atoms with Crippen LogP contribution >= 0.6 is 0 Å². The van der Waals surface area contributed by atoms with Gasteiger partial charge in [0, 0.05) is 13.1 Å². The molecule has 0 saturated heterocycles. The van der Waals surface area contributed by atoms with Crippen LogP contribution in [0.2, 0.25) is 0 Å². The zero-order valence-electron chi connectivity index (χ0n) is 8.33. The highest BCUT2D eigenvalue weighted by Crippen LogP contribution is 1.99. The molecule has 0 fully saturated rings. The van der Waals surface area contributed by atoms with E-state index in [1.165, 1.54) is 6.92 Å². The fourth-order valence-electron chi connectivity index (χ4n) is 0.755. The summed E-state index contributed by atoms with van der Waals surface area (Å²) in [6, 6.07) is 0. The van der Waals surface area contributed by atoms with Crippen molar-refractivity contribution in [3.05, 3.63) is 0 Å². The molecule has 4 N–H and O–H groups in total. The van der Waals surface area contributed by atoms with E-state index in [0.717, 1.165) is 0 Å². The Hall–Kier alpha value is -1.14. The van der Waals surface area contributed by atoms with Crippen molar-refractivity contribution in [3.8, 4) is 0 Å². The Morgan fingerprint density at radius 1 is 1.43 bits per heavy atom.